The first-order valence-electron chi connectivity index (χ1n) is 8.37. The number of nitrogens with one attached hydrogen (secondary N) is 1. The number of hydrogen-bond acceptors (Lipinski definition) is 4. The Morgan fingerprint density at radius 1 is 1.24 bits per heavy atom. The summed E-state index contributed by atoms with van der Waals surface area (Å²) in [4.78, 5) is 11.9. The van der Waals surface area contributed by atoms with Gasteiger partial charge < -0.3 is 9.47 Å². The SMILES string of the molecule is COc1cccc(/C=N\NC(=O)COc2ccc(C)c3c2CCC3)c1. The zero-order chi connectivity index (χ0) is 17.6. The number of aryl methyl sites for hydroxylation is 1. The van der Waals surface area contributed by atoms with Gasteiger partial charge in [-0.2, -0.15) is 5.10 Å². The van der Waals surface area contributed by atoms with Crippen LogP contribution < -0.4 is 14.9 Å². The molecule has 5 nitrogen and oxygen atoms in total. The summed E-state index contributed by atoms with van der Waals surface area (Å²) in [6, 6.07) is 11.4. The molecule has 2 aromatic rings. The Morgan fingerprint density at radius 2 is 2.08 bits per heavy atom. The fraction of sp³-hybridized carbons (Fsp3) is 0.300. The minimum atomic E-state index is -0.286. The lowest BCUT2D eigenvalue weighted by Gasteiger charge is -2.11. The minimum Gasteiger partial charge on any atom is -0.497 e. The summed E-state index contributed by atoms with van der Waals surface area (Å²) in [6.45, 7) is 2.07. The summed E-state index contributed by atoms with van der Waals surface area (Å²) >= 11 is 0. The number of nitrogens with zero attached hydrogens (tertiary/aromatic N) is 1. The number of methoxy groups -OCH3 is 1. The zero-order valence-electron chi connectivity index (χ0n) is 14.5. The average Bonchev–Trinajstić information content (AvgIpc) is 3.12. The van der Waals surface area contributed by atoms with Crippen molar-refractivity contribution in [1.82, 2.24) is 5.43 Å². The van der Waals surface area contributed by atoms with Crippen LogP contribution in [0.15, 0.2) is 41.5 Å². The summed E-state index contributed by atoms with van der Waals surface area (Å²) in [5.74, 6) is 1.27. The predicted octanol–water partition coefficient (Wildman–Crippen LogP) is 3.02. The molecule has 0 saturated carbocycles. The van der Waals surface area contributed by atoms with Gasteiger partial charge in [0.1, 0.15) is 11.5 Å². The van der Waals surface area contributed by atoms with Crippen molar-refractivity contribution in [2.75, 3.05) is 13.7 Å². The van der Waals surface area contributed by atoms with Gasteiger partial charge >= 0.3 is 0 Å². The van der Waals surface area contributed by atoms with Gasteiger partial charge in [-0.25, -0.2) is 5.43 Å². The number of fused-ring (bicyclic) bond motifs is 1. The van der Waals surface area contributed by atoms with Gasteiger partial charge in [-0.05, 0) is 66.6 Å². The number of carbonyl (C=O) groups is 1. The molecule has 0 fully saturated rings. The Labute approximate surface area is 147 Å². The van der Waals surface area contributed by atoms with Gasteiger partial charge in [0, 0.05) is 0 Å². The van der Waals surface area contributed by atoms with Crippen molar-refractivity contribution in [3.8, 4) is 11.5 Å². The van der Waals surface area contributed by atoms with Crippen LogP contribution in [0.5, 0.6) is 11.5 Å². The number of rotatable bonds is 6. The molecule has 0 spiro atoms. The van der Waals surface area contributed by atoms with Gasteiger partial charge in [0.2, 0.25) is 0 Å². The quantitative estimate of drug-likeness (QED) is 0.650. The molecular weight excluding hydrogens is 316 g/mol. The molecule has 25 heavy (non-hydrogen) atoms. The van der Waals surface area contributed by atoms with Crippen LogP contribution in [-0.2, 0) is 17.6 Å². The van der Waals surface area contributed by atoms with Crippen molar-refractivity contribution < 1.29 is 14.3 Å². The second-order valence-corrected chi connectivity index (χ2v) is 6.05. The second-order valence-electron chi connectivity index (χ2n) is 6.05. The first kappa shape index (κ1) is 17.0. The number of ether oxygens (including phenoxy) is 2. The number of benzene rings is 2. The van der Waals surface area contributed by atoms with E-state index in [2.05, 4.69) is 23.5 Å². The van der Waals surface area contributed by atoms with Crippen LogP contribution in [0, 0.1) is 6.92 Å². The van der Waals surface area contributed by atoms with Crippen molar-refractivity contribution in [2.45, 2.75) is 26.2 Å². The van der Waals surface area contributed by atoms with Gasteiger partial charge in [0.15, 0.2) is 6.61 Å². The van der Waals surface area contributed by atoms with Crippen molar-refractivity contribution in [3.05, 3.63) is 58.7 Å². The summed E-state index contributed by atoms with van der Waals surface area (Å²) in [7, 11) is 1.61. The molecule has 0 saturated heterocycles. The Kier molecular flexibility index (Phi) is 5.33. The van der Waals surface area contributed by atoms with Crippen molar-refractivity contribution >= 4 is 12.1 Å². The third-order valence-corrected chi connectivity index (χ3v) is 4.33. The molecule has 130 valence electrons. The van der Waals surface area contributed by atoms with Crippen LogP contribution in [0.3, 0.4) is 0 Å². The van der Waals surface area contributed by atoms with Gasteiger partial charge in [-0.3, -0.25) is 4.79 Å². The third kappa shape index (κ3) is 4.18. The summed E-state index contributed by atoms with van der Waals surface area (Å²) in [6.07, 6.45) is 4.83. The van der Waals surface area contributed by atoms with E-state index in [4.69, 9.17) is 9.47 Å². The van der Waals surface area contributed by atoms with Gasteiger partial charge in [-0.15, -0.1) is 0 Å². The molecule has 0 unspecified atom stereocenters. The fourth-order valence-electron chi connectivity index (χ4n) is 3.06. The molecule has 0 radical (unpaired) electrons. The van der Waals surface area contributed by atoms with Gasteiger partial charge in [0.25, 0.3) is 5.91 Å². The maximum absolute atomic E-state index is 11.9. The van der Waals surface area contributed by atoms with Crippen LogP contribution >= 0.6 is 0 Å². The monoisotopic (exact) mass is 338 g/mol. The number of amides is 1. The Balaban J connectivity index is 1.53. The highest BCUT2D eigenvalue weighted by molar-refractivity contribution is 5.83. The molecule has 5 heteroatoms. The summed E-state index contributed by atoms with van der Waals surface area (Å²) in [5, 5.41) is 3.96. The Bertz CT molecular complexity index is 800. The highest BCUT2D eigenvalue weighted by Gasteiger charge is 2.18. The largest absolute Gasteiger partial charge is 0.497 e. The van der Waals surface area contributed by atoms with Crippen LogP contribution in [0.1, 0.15) is 28.7 Å². The third-order valence-electron chi connectivity index (χ3n) is 4.33. The standard InChI is InChI=1S/C20H22N2O3/c1-14-9-10-19(18-8-4-7-17(14)18)25-13-20(23)22-21-12-15-5-3-6-16(11-15)24-2/h3,5-6,9-12H,4,7-8,13H2,1-2H3,(H,22,23)/b21-12-. The number of hydrogen-bond donors (Lipinski definition) is 1. The van der Waals surface area contributed by atoms with Crippen molar-refractivity contribution in [3.63, 3.8) is 0 Å². The average molecular weight is 338 g/mol. The van der Waals surface area contributed by atoms with Crippen LogP contribution in [0.4, 0.5) is 0 Å². The van der Waals surface area contributed by atoms with E-state index < -0.39 is 0 Å². The molecule has 3 rings (SSSR count). The molecule has 0 aromatic heterocycles. The molecule has 0 atom stereocenters. The second kappa shape index (κ2) is 7.83. The molecule has 2 aromatic carbocycles. The lowest BCUT2D eigenvalue weighted by molar-refractivity contribution is -0.123. The van der Waals surface area contributed by atoms with E-state index >= 15 is 0 Å². The topological polar surface area (TPSA) is 59.9 Å². The maximum atomic E-state index is 11.9. The normalized spacial score (nSPS) is 12.9. The fourth-order valence-corrected chi connectivity index (χ4v) is 3.06. The molecule has 1 aliphatic rings. The predicted molar refractivity (Wildman–Crippen MR) is 97.4 cm³/mol. The first-order valence-corrected chi connectivity index (χ1v) is 8.37. The number of carbonyl (C=O) groups excluding carboxylic acids is 1. The molecule has 0 bridgehead atoms. The van der Waals surface area contributed by atoms with Crippen molar-refractivity contribution in [2.24, 2.45) is 5.10 Å². The summed E-state index contributed by atoms with van der Waals surface area (Å²) in [5.41, 5.74) is 7.24. The zero-order valence-corrected chi connectivity index (χ0v) is 14.5. The lowest BCUT2D eigenvalue weighted by atomic mass is 10.0. The van der Waals surface area contributed by atoms with E-state index in [9.17, 15) is 4.79 Å². The van der Waals surface area contributed by atoms with E-state index in [0.29, 0.717) is 0 Å². The van der Waals surface area contributed by atoms with E-state index in [-0.39, 0.29) is 12.5 Å². The van der Waals surface area contributed by atoms with E-state index in [1.54, 1.807) is 13.3 Å². The Morgan fingerprint density at radius 3 is 2.92 bits per heavy atom. The minimum absolute atomic E-state index is 0.0506. The molecule has 1 amide bonds. The van der Waals surface area contributed by atoms with Gasteiger partial charge in [-0.1, -0.05) is 18.2 Å². The van der Waals surface area contributed by atoms with E-state index in [1.807, 2.05) is 30.3 Å². The number of hydrazone groups is 1. The Hall–Kier alpha value is -2.82. The van der Waals surface area contributed by atoms with Crippen LogP contribution in [0.25, 0.3) is 0 Å². The van der Waals surface area contributed by atoms with Crippen LogP contribution in [0.2, 0.25) is 0 Å². The van der Waals surface area contributed by atoms with E-state index in [1.165, 1.54) is 16.7 Å². The molecule has 0 heterocycles. The lowest BCUT2D eigenvalue weighted by Crippen LogP contribution is -2.24. The maximum Gasteiger partial charge on any atom is 0.277 e. The van der Waals surface area contributed by atoms with Crippen LogP contribution in [-0.4, -0.2) is 25.8 Å². The van der Waals surface area contributed by atoms with Gasteiger partial charge in [0.05, 0.1) is 13.3 Å². The first-order chi connectivity index (χ1) is 12.2. The molecule has 1 N–H and O–H groups in total. The van der Waals surface area contributed by atoms with E-state index in [0.717, 1.165) is 36.3 Å². The van der Waals surface area contributed by atoms with Crippen molar-refractivity contribution in [1.29, 1.82) is 0 Å². The molecule has 0 aliphatic heterocycles. The molecule has 1 aliphatic carbocycles. The summed E-state index contributed by atoms with van der Waals surface area (Å²) < 4.78 is 10.8. The molecular formula is C20H22N2O3. The smallest absolute Gasteiger partial charge is 0.277 e. The highest BCUT2D eigenvalue weighted by atomic mass is 16.5. The highest BCUT2D eigenvalue weighted by Crippen LogP contribution is 2.32.